The van der Waals surface area contributed by atoms with Crippen molar-refractivity contribution in [2.75, 3.05) is 19.7 Å². The number of aliphatic hydroxyl groups excluding tert-OH is 2. The van der Waals surface area contributed by atoms with Gasteiger partial charge in [0, 0.05) is 31.5 Å². The van der Waals surface area contributed by atoms with E-state index in [0.717, 1.165) is 29.3 Å². The fourth-order valence-electron chi connectivity index (χ4n) is 5.05. The number of carbonyl (C=O) groups excluding carboxylic acids is 2. The zero-order valence-corrected chi connectivity index (χ0v) is 21.7. The number of carbonyl (C=O) groups is 2. The van der Waals surface area contributed by atoms with E-state index in [1.807, 2.05) is 29.2 Å². The first-order valence-corrected chi connectivity index (χ1v) is 13.5. The molecule has 34 heavy (non-hydrogen) atoms. The summed E-state index contributed by atoms with van der Waals surface area (Å²) in [5.74, 6) is 1.29. The maximum absolute atomic E-state index is 13.5. The predicted molar refractivity (Wildman–Crippen MR) is 137 cm³/mol. The zero-order chi connectivity index (χ0) is 24.1. The van der Waals surface area contributed by atoms with Gasteiger partial charge in [0.05, 0.1) is 16.2 Å². The number of amides is 2. The number of aliphatic hydroxyl groups is 2. The van der Waals surface area contributed by atoms with Crippen LogP contribution in [0.15, 0.2) is 35.9 Å². The molecule has 3 N–H and O–H groups in total. The van der Waals surface area contributed by atoms with Crippen molar-refractivity contribution < 1.29 is 24.5 Å². The Hall–Kier alpha value is -1.65. The molecule has 3 aliphatic rings. The lowest BCUT2D eigenvalue weighted by Crippen LogP contribution is -2.55. The Bertz CT molecular complexity index is 897. The summed E-state index contributed by atoms with van der Waals surface area (Å²) in [6, 6.07) is 7.02. The van der Waals surface area contributed by atoms with E-state index in [1.165, 1.54) is 12.8 Å². The van der Waals surface area contributed by atoms with Crippen molar-refractivity contribution in [3.8, 4) is 5.75 Å². The molecule has 0 spiro atoms. The molecule has 4 rings (SSSR count). The van der Waals surface area contributed by atoms with Crippen molar-refractivity contribution in [1.82, 2.24) is 10.2 Å². The summed E-state index contributed by atoms with van der Waals surface area (Å²) in [5.41, 5.74) is 0.481. The molecule has 2 saturated carbocycles. The van der Waals surface area contributed by atoms with Crippen LogP contribution in [-0.2, 0) is 9.59 Å². The molecule has 1 aromatic carbocycles. The highest BCUT2D eigenvalue weighted by Crippen LogP contribution is 2.36. The molecule has 186 valence electrons. The molecule has 3 aliphatic carbocycles. The molecule has 0 aromatic heterocycles. The van der Waals surface area contributed by atoms with Crippen molar-refractivity contribution in [3.63, 3.8) is 0 Å². The minimum absolute atomic E-state index is 0.0768. The number of ether oxygens (including phenoxy) is 1. The summed E-state index contributed by atoms with van der Waals surface area (Å²) in [5, 5.41) is 23.3. The molecule has 0 unspecified atom stereocenters. The zero-order valence-electron chi connectivity index (χ0n) is 19.5. The van der Waals surface area contributed by atoms with Crippen LogP contribution < -0.4 is 10.1 Å². The van der Waals surface area contributed by atoms with Crippen molar-refractivity contribution in [1.29, 1.82) is 0 Å². The molecule has 2 fully saturated rings. The summed E-state index contributed by atoms with van der Waals surface area (Å²) in [7, 11) is 0. The highest BCUT2D eigenvalue weighted by molar-refractivity contribution is 14.1. The molecule has 0 bridgehead atoms. The molecule has 0 aliphatic heterocycles. The molecule has 8 heteroatoms. The van der Waals surface area contributed by atoms with E-state index in [0.29, 0.717) is 36.1 Å². The van der Waals surface area contributed by atoms with E-state index in [-0.39, 0.29) is 31.4 Å². The number of hydrogen-bond donors (Lipinski definition) is 3. The van der Waals surface area contributed by atoms with Crippen LogP contribution in [0.5, 0.6) is 5.75 Å². The second kappa shape index (κ2) is 11.9. The highest BCUT2D eigenvalue weighted by atomic mass is 127. The lowest BCUT2D eigenvalue weighted by atomic mass is 9.87. The Morgan fingerprint density at radius 1 is 1.12 bits per heavy atom. The van der Waals surface area contributed by atoms with Crippen LogP contribution in [0.4, 0.5) is 0 Å². The van der Waals surface area contributed by atoms with Crippen LogP contribution in [0.3, 0.4) is 0 Å². The van der Waals surface area contributed by atoms with Crippen LogP contribution in [0.25, 0.3) is 0 Å². The smallest absolute Gasteiger partial charge is 0.247 e. The number of halogens is 1. The molecule has 1 aromatic rings. The minimum Gasteiger partial charge on any atom is -0.482 e. The number of benzene rings is 1. The Morgan fingerprint density at radius 2 is 1.85 bits per heavy atom. The Labute approximate surface area is 215 Å². The number of nitrogens with one attached hydrogen (secondary N) is 1. The first kappa shape index (κ1) is 25.4. The normalized spacial score (nSPS) is 25.0. The summed E-state index contributed by atoms with van der Waals surface area (Å²) >= 11 is 2.18. The van der Waals surface area contributed by atoms with Gasteiger partial charge in [-0.25, -0.2) is 0 Å². The van der Waals surface area contributed by atoms with Gasteiger partial charge in [0.1, 0.15) is 18.0 Å². The largest absolute Gasteiger partial charge is 0.482 e. The van der Waals surface area contributed by atoms with Gasteiger partial charge < -0.3 is 25.2 Å². The average Bonchev–Trinajstić information content (AvgIpc) is 3.51. The second-order valence-electron chi connectivity index (χ2n) is 9.79. The van der Waals surface area contributed by atoms with Gasteiger partial charge >= 0.3 is 0 Å². The number of para-hydroxylation sites is 1. The number of nitrogens with zero attached hydrogens (tertiary/aromatic N) is 1. The van der Waals surface area contributed by atoms with Gasteiger partial charge in [0.15, 0.2) is 0 Å². The summed E-state index contributed by atoms with van der Waals surface area (Å²) in [6.45, 7) is 0.618. The molecular formula is C26H35IN2O5. The Balaban J connectivity index is 1.59. The van der Waals surface area contributed by atoms with E-state index >= 15 is 0 Å². The van der Waals surface area contributed by atoms with Crippen molar-refractivity contribution in [2.45, 2.75) is 69.6 Å². The van der Waals surface area contributed by atoms with E-state index in [1.54, 1.807) is 6.08 Å². The summed E-state index contributed by atoms with van der Waals surface area (Å²) < 4.78 is 7.10. The predicted octanol–water partition coefficient (Wildman–Crippen LogP) is 3.03. The fraction of sp³-hybridized carbons (Fsp3) is 0.615. The topological polar surface area (TPSA) is 99.1 Å². The van der Waals surface area contributed by atoms with Gasteiger partial charge in [0.2, 0.25) is 11.8 Å². The quantitative estimate of drug-likeness (QED) is 0.369. The van der Waals surface area contributed by atoms with Gasteiger partial charge in [-0.1, -0.05) is 25.0 Å². The third-order valence-electron chi connectivity index (χ3n) is 7.12. The average molecular weight is 582 g/mol. The number of hydrogen-bond acceptors (Lipinski definition) is 5. The van der Waals surface area contributed by atoms with Crippen LogP contribution in [-0.4, -0.2) is 64.9 Å². The van der Waals surface area contributed by atoms with Gasteiger partial charge in [-0.3, -0.25) is 9.59 Å². The summed E-state index contributed by atoms with van der Waals surface area (Å²) in [6.07, 6.45) is 7.46. The standard InChI is InChI=1S/C26H35IN2O5/c27-20-7-3-4-8-22(20)34-23-15-19(26(33)28-11-12-30)14-21(25(23)32)29(16-18-9-10-18)24(31)13-17-5-1-2-6-17/h3-4,7-8,15,17-18,21,23,25,30,32H,1-2,5-6,9-14,16H2,(H,28,33)/t21-,23+,25+/m1/s1. The Kier molecular flexibility index (Phi) is 8.87. The molecule has 0 saturated heterocycles. The van der Waals surface area contributed by atoms with E-state index in [4.69, 9.17) is 9.84 Å². The second-order valence-corrected chi connectivity index (χ2v) is 11.0. The van der Waals surface area contributed by atoms with Crippen molar-refractivity contribution in [2.24, 2.45) is 11.8 Å². The molecular weight excluding hydrogens is 547 g/mol. The van der Waals surface area contributed by atoms with E-state index < -0.39 is 18.2 Å². The molecule has 0 radical (unpaired) electrons. The van der Waals surface area contributed by atoms with E-state index in [2.05, 4.69) is 27.9 Å². The molecule has 3 atom stereocenters. The monoisotopic (exact) mass is 582 g/mol. The van der Waals surface area contributed by atoms with Crippen LogP contribution in [0.2, 0.25) is 0 Å². The minimum atomic E-state index is -0.948. The molecule has 2 amide bonds. The third kappa shape index (κ3) is 6.51. The van der Waals surface area contributed by atoms with Crippen molar-refractivity contribution in [3.05, 3.63) is 39.5 Å². The van der Waals surface area contributed by atoms with Gasteiger partial charge in [-0.2, -0.15) is 0 Å². The maximum atomic E-state index is 13.5. The van der Waals surface area contributed by atoms with Crippen molar-refractivity contribution >= 4 is 34.4 Å². The lowest BCUT2D eigenvalue weighted by molar-refractivity contribution is -0.140. The summed E-state index contributed by atoms with van der Waals surface area (Å²) in [4.78, 5) is 28.2. The third-order valence-corrected chi connectivity index (χ3v) is 8.02. The molecule has 0 heterocycles. The first-order valence-electron chi connectivity index (χ1n) is 12.4. The van der Waals surface area contributed by atoms with E-state index in [9.17, 15) is 14.7 Å². The van der Waals surface area contributed by atoms with Gasteiger partial charge in [-0.05, 0) is 78.3 Å². The fourth-order valence-corrected chi connectivity index (χ4v) is 5.56. The van der Waals surface area contributed by atoms with Gasteiger partial charge in [0.25, 0.3) is 0 Å². The number of rotatable bonds is 10. The van der Waals surface area contributed by atoms with Crippen LogP contribution >= 0.6 is 22.6 Å². The lowest BCUT2D eigenvalue weighted by Gasteiger charge is -2.41. The van der Waals surface area contributed by atoms with Crippen LogP contribution in [0, 0.1) is 15.4 Å². The van der Waals surface area contributed by atoms with Crippen LogP contribution in [0.1, 0.15) is 51.4 Å². The molecule has 7 nitrogen and oxygen atoms in total. The Morgan fingerprint density at radius 3 is 2.53 bits per heavy atom. The highest BCUT2D eigenvalue weighted by Gasteiger charge is 2.42. The van der Waals surface area contributed by atoms with Gasteiger partial charge in [-0.15, -0.1) is 0 Å². The maximum Gasteiger partial charge on any atom is 0.247 e. The SMILES string of the molecule is O=C(NCCO)C1=C[C@H](Oc2ccccc2I)[C@@H](O)[C@H](N(CC2CC2)C(=O)CC2CCCC2)C1. The first-order chi connectivity index (χ1) is 16.5.